The number of nitrogens with one attached hydrogen (secondary N) is 2. The predicted octanol–water partition coefficient (Wildman–Crippen LogP) is 3.23. The summed E-state index contributed by atoms with van der Waals surface area (Å²) in [7, 11) is 1.75. The highest BCUT2D eigenvalue weighted by Gasteiger charge is 2.24. The zero-order chi connectivity index (χ0) is 16.4. The third-order valence-electron chi connectivity index (χ3n) is 3.91. The van der Waals surface area contributed by atoms with Crippen molar-refractivity contribution < 1.29 is 14.3 Å². The van der Waals surface area contributed by atoms with Crippen molar-refractivity contribution in [3.05, 3.63) is 0 Å². The molecule has 0 radical (unpaired) electrons. The first-order valence-electron chi connectivity index (χ1n) is 8.62. The maximum atomic E-state index is 11.7. The minimum Gasteiger partial charge on any atom is -0.444 e. The number of hydrogen-bond donors (Lipinski definition) is 2. The van der Waals surface area contributed by atoms with Gasteiger partial charge in [0, 0.05) is 25.8 Å². The van der Waals surface area contributed by atoms with Crippen molar-refractivity contribution in [2.45, 2.75) is 83.4 Å². The molecule has 130 valence electrons. The van der Waals surface area contributed by atoms with Crippen LogP contribution in [0, 0.1) is 0 Å². The van der Waals surface area contributed by atoms with Crippen molar-refractivity contribution in [2.24, 2.45) is 0 Å². The first-order chi connectivity index (χ1) is 10.4. The maximum Gasteiger partial charge on any atom is 0.407 e. The van der Waals surface area contributed by atoms with Crippen molar-refractivity contribution in [3.63, 3.8) is 0 Å². The monoisotopic (exact) mass is 314 g/mol. The number of carbonyl (C=O) groups is 1. The molecule has 0 aromatic heterocycles. The molecular formula is C17H34N2O3. The van der Waals surface area contributed by atoms with Crippen LogP contribution in [0.2, 0.25) is 0 Å². The van der Waals surface area contributed by atoms with E-state index in [1.54, 1.807) is 7.11 Å². The van der Waals surface area contributed by atoms with Crippen LogP contribution in [0.5, 0.6) is 0 Å². The SMILES string of the molecule is COCCCCCNC1CCC(NC(=O)OC(C)(C)C)CC1. The van der Waals surface area contributed by atoms with Crippen LogP contribution in [0.15, 0.2) is 0 Å². The predicted molar refractivity (Wildman–Crippen MR) is 89.1 cm³/mol. The molecule has 0 unspecified atom stereocenters. The Labute approximate surface area is 135 Å². The summed E-state index contributed by atoms with van der Waals surface area (Å²) in [5, 5.41) is 6.61. The number of alkyl carbamates (subject to hydrolysis) is 1. The van der Waals surface area contributed by atoms with E-state index in [2.05, 4.69) is 10.6 Å². The van der Waals surface area contributed by atoms with Crippen LogP contribution in [0.3, 0.4) is 0 Å². The molecule has 1 aliphatic carbocycles. The van der Waals surface area contributed by atoms with Gasteiger partial charge in [-0.05, 0) is 72.3 Å². The Balaban J connectivity index is 2.07. The van der Waals surface area contributed by atoms with Gasteiger partial charge in [0.05, 0.1) is 0 Å². The molecule has 0 aliphatic heterocycles. The largest absolute Gasteiger partial charge is 0.444 e. The standard InChI is InChI=1S/C17H34N2O3/c1-17(2,3)22-16(20)19-15-10-8-14(9-11-15)18-12-6-5-7-13-21-4/h14-15,18H,5-13H2,1-4H3,(H,19,20). The Bertz CT molecular complexity index is 308. The molecule has 2 N–H and O–H groups in total. The molecule has 0 heterocycles. The lowest BCUT2D eigenvalue weighted by Crippen LogP contribution is -2.44. The molecule has 22 heavy (non-hydrogen) atoms. The molecule has 1 rings (SSSR count). The Morgan fingerprint density at radius 3 is 2.27 bits per heavy atom. The lowest BCUT2D eigenvalue weighted by Gasteiger charge is -2.30. The number of carbonyl (C=O) groups excluding carboxylic acids is 1. The summed E-state index contributed by atoms with van der Waals surface area (Å²) >= 11 is 0. The Kier molecular flexibility index (Phi) is 8.79. The molecule has 0 aromatic rings. The molecule has 1 amide bonds. The van der Waals surface area contributed by atoms with Crippen molar-refractivity contribution in [2.75, 3.05) is 20.3 Å². The second-order valence-electron chi connectivity index (χ2n) is 7.20. The lowest BCUT2D eigenvalue weighted by molar-refractivity contribution is 0.0490. The minimum absolute atomic E-state index is 0.259. The highest BCUT2D eigenvalue weighted by molar-refractivity contribution is 5.68. The van der Waals surface area contributed by atoms with Crippen LogP contribution in [-0.4, -0.2) is 44.0 Å². The fraction of sp³-hybridized carbons (Fsp3) is 0.941. The van der Waals surface area contributed by atoms with E-state index in [4.69, 9.17) is 9.47 Å². The maximum absolute atomic E-state index is 11.7. The van der Waals surface area contributed by atoms with Crippen LogP contribution >= 0.6 is 0 Å². The summed E-state index contributed by atoms with van der Waals surface area (Å²) in [4.78, 5) is 11.7. The van der Waals surface area contributed by atoms with E-state index >= 15 is 0 Å². The Morgan fingerprint density at radius 1 is 1.05 bits per heavy atom. The first-order valence-corrected chi connectivity index (χ1v) is 8.62. The topological polar surface area (TPSA) is 59.6 Å². The molecule has 1 saturated carbocycles. The van der Waals surface area contributed by atoms with Crippen LogP contribution < -0.4 is 10.6 Å². The second-order valence-corrected chi connectivity index (χ2v) is 7.20. The van der Waals surface area contributed by atoms with E-state index < -0.39 is 5.60 Å². The zero-order valence-electron chi connectivity index (χ0n) is 14.7. The molecule has 0 aromatic carbocycles. The van der Waals surface area contributed by atoms with Gasteiger partial charge in [0.1, 0.15) is 5.60 Å². The van der Waals surface area contributed by atoms with Gasteiger partial charge in [-0.3, -0.25) is 0 Å². The fourth-order valence-corrected chi connectivity index (χ4v) is 2.77. The van der Waals surface area contributed by atoms with Crippen molar-refractivity contribution in [1.82, 2.24) is 10.6 Å². The van der Waals surface area contributed by atoms with Crippen LogP contribution in [0.1, 0.15) is 65.7 Å². The molecule has 5 heteroatoms. The third-order valence-corrected chi connectivity index (χ3v) is 3.91. The number of methoxy groups -OCH3 is 1. The molecule has 5 nitrogen and oxygen atoms in total. The molecule has 0 saturated heterocycles. The zero-order valence-corrected chi connectivity index (χ0v) is 14.7. The molecule has 0 atom stereocenters. The van der Waals surface area contributed by atoms with Gasteiger partial charge in [-0.15, -0.1) is 0 Å². The molecular weight excluding hydrogens is 280 g/mol. The molecule has 0 spiro atoms. The van der Waals surface area contributed by atoms with Crippen molar-refractivity contribution >= 4 is 6.09 Å². The third kappa shape index (κ3) is 9.26. The summed E-state index contributed by atoms with van der Waals surface area (Å²) in [6.45, 7) is 7.61. The summed E-state index contributed by atoms with van der Waals surface area (Å²) in [5.74, 6) is 0. The Hall–Kier alpha value is -0.810. The Morgan fingerprint density at radius 2 is 1.68 bits per heavy atom. The van der Waals surface area contributed by atoms with Crippen molar-refractivity contribution in [3.8, 4) is 0 Å². The summed E-state index contributed by atoms with van der Waals surface area (Å²) in [6.07, 6.45) is 7.58. The van der Waals surface area contributed by atoms with Gasteiger partial charge in [-0.1, -0.05) is 0 Å². The molecule has 1 aliphatic rings. The van der Waals surface area contributed by atoms with Crippen LogP contribution in [0.25, 0.3) is 0 Å². The van der Waals surface area contributed by atoms with Gasteiger partial charge >= 0.3 is 6.09 Å². The van der Waals surface area contributed by atoms with Crippen molar-refractivity contribution in [1.29, 1.82) is 0 Å². The van der Waals surface area contributed by atoms with Gasteiger partial charge in [0.25, 0.3) is 0 Å². The number of unbranched alkanes of at least 4 members (excludes halogenated alkanes) is 2. The average Bonchev–Trinajstić information content (AvgIpc) is 2.42. The van der Waals surface area contributed by atoms with Gasteiger partial charge in [0.2, 0.25) is 0 Å². The van der Waals surface area contributed by atoms with E-state index in [9.17, 15) is 4.79 Å². The summed E-state index contributed by atoms with van der Waals surface area (Å²) < 4.78 is 10.3. The highest BCUT2D eigenvalue weighted by Crippen LogP contribution is 2.19. The van der Waals surface area contributed by atoms with Crippen LogP contribution in [-0.2, 0) is 9.47 Å². The van der Waals surface area contributed by atoms with E-state index in [0.717, 1.165) is 45.3 Å². The fourth-order valence-electron chi connectivity index (χ4n) is 2.77. The number of ether oxygens (including phenoxy) is 2. The highest BCUT2D eigenvalue weighted by atomic mass is 16.6. The van der Waals surface area contributed by atoms with E-state index in [0.29, 0.717) is 6.04 Å². The number of amides is 1. The summed E-state index contributed by atoms with van der Waals surface area (Å²) in [5.41, 5.74) is -0.425. The number of hydrogen-bond acceptors (Lipinski definition) is 4. The van der Waals surface area contributed by atoms with Gasteiger partial charge in [0.15, 0.2) is 0 Å². The second kappa shape index (κ2) is 10.1. The minimum atomic E-state index is -0.425. The lowest BCUT2D eigenvalue weighted by atomic mass is 9.91. The average molecular weight is 314 g/mol. The van der Waals surface area contributed by atoms with E-state index in [1.165, 1.54) is 12.8 Å². The number of rotatable bonds is 8. The molecule has 0 bridgehead atoms. The normalized spacial score (nSPS) is 22.4. The van der Waals surface area contributed by atoms with Gasteiger partial charge in [-0.2, -0.15) is 0 Å². The molecule has 1 fully saturated rings. The van der Waals surface area contributed by atoms with E-state index in [1.807, 2.05) is 20.8 Å². The first kappa shape index (κ1) is 19.2. The van der Waals surface area contributed by atoms with E-state index in [-0.39, 0.29) is 12.1 Å². The quantitative estimate of drug-likeness (QED) is 0.675. The van der Waals surface area contributed by atoms with Gasteiger partial charge in [-0.25, -0.2) is 4.79 Å². The van der Waals surface area contributed by atoms with Crippen LogP contribution in [0.4, 0.5) is 4.79 Å². The smallest absolute Gasteiger partial charge is 0.407 e. The summed E-state index contributed by atoms with van der Waals surface area (Å²) in [6, 6.07) is 0.855. The van der Waals surface area contributed by atoms with Gasteiger partial charge < -0.3 is 20.1 Å².